The highest BCUT2D eigenvalue weighted by Gasteiger charge is 2.44. The first kappa shape index (κ1) is 17.6. The van der Waals surface area contributed by atoms with Crippen molar-refractivity contribution < 1.29 is 23.7 Å². The van der Waals surface area contributed by atoms with Gasteiger partial charge in [-0.3, -0.25) is 9.69 Å². The fourth-order valence-corrected chi connectivity index (χ4v) is 4.85. The molecule has 2 aromatic rings. The van der Waals surface area contributed by atoms with Gasteiger partial charge in [0.15, 0.2) is 28.8 Å². The molecule has 0 unspecified atom stereocenters. The first-order valence-electron chi connectivity index (χ1n) is 10.2. The Labute approximate surface area is 174 Å². The van der Waals surface area contributed by atoms with Crippen LogP contribution in [0.1, 0.15) is 24.0 Å². The number of carbonyl (C=O) groups is 1. The minimum atomic E-state index is 0.121. The van der Waals surface area contributed by atoms with Crippen LogP contribution in [0.5, 0.6) is 23.0 Å². The molecule has 4 heterocycles. The third kappa shape index (κ3) is 2.71. The summed E-state index contributed by atoms with van der Waals surface area (Å²) in [5.41, 5.74) is 3.56. The maximum absolute atomic E-state index is 13.5. The summed E-state index contributed by atoms with van der Waals surface area (Å²) >= 11 is 0. The predicted molar refractivity (Wildman–Crippen MR) is 111 cm³/mol. The molecule has 6 nitrogen and oxygen atoms in total. The van der Waals surface area contributed by atoms with E-state index in [9.17, 15) is 4.79 Å². The average Bonchev–Trinajstić information content (AvgIpc) is 3.47. The van der Waals surface area contributed by atoms with Crippen molar-refractivity contribution in [2.24, 2.45) is 0 Å². The van der Waals surface area contributed by atoms with Crippen molar-refractivity contribution in [3.8, 4) is 23.0 Å². The predicted octanol–water partition coefficient (Wildman–Crippen LogP) is 3.66. The van der Waals surface area contributed by atoms with Gasteiger partial charge in [-0.25, -0.2) is 0 Å². The summed E-state index contributed by atoms with van der Waals surface area (Å²) in [5.74, 6) is 3.06. The largest absolute Gasteiger partial charge is 0.454 e. The number of rotatable bonds is 2. The van der Waals surface area contributed by atoms with E-state index in [0.29, 0.717) is 0 Å². The maximum Gasteiger partial charge on any atom is 0.231 e. The molecule has 0 aliphatic carbocycles. The summed E-state index contributed by atoms with van der Waals surface area (Å²) in [5, 5.41) is 0. The van der Waals surface area contributed by atoms with Gasteiger partial charge >= 0.3 is 0 Å². The number of fused-ring (bicyclic) bond motifs is 4. The zero-order valence-corrected chi connectivity index (χ0v) is 16.6. The van der Waals surface area contributed by atoms with Crippen LogP contribution in [0.25, 0.3) is 12.2 Å². The Kier molecular flexibility index (Phi) is 3.89. The molecule has 2 atom stereocenters. The molecule has 0 N–H and O–H groups in total. The van der Waals surface area contributed by atoms with Gasteiger partial charge in [0.25, 0.3) is 0 Å². The first-order valence-corrected chi connectivity index (χ1v) is 10.2. The van der Waals surface area contributed by atoms with E-state index in [1.54, 1.807) is 0 Å². The second-order valence-electron chi connectivity index (χ2n) is 8.03. The Balaban J connectivity index is 1.39. The number of hydrogen-bond acceptors (Lipinski definition) is 6. The van der Waals surface area contributed by atoms with Crippen molar-refractivity contribution in [2.75, 3.05) is 20.6 Å². The van der Waals surface area contributed by atoms with Crippen LogP contribution in [-0.4, -0.2) is 43.4 Å². The average molecular weight is 403 g/mol. The minimum Gasteiger partial charge on any atom is -0.454 e. The number of benzene rings is 2. The lowest BCUT2D eigenvalue weighted by atomic mass is 9.88. The topological polar surface area (TPSA) is 57.2 Å². The molecule has 0 radical (unpaired) electrons. The second kappa shape index (κ2) is 6.64. The molecule has 6 heteroatoms. The van der Waals surface area contributed by atoms with E-state index in [1.807, 2.05) is 48.6 Å². The summed E-state index contributed by atoms with van der Waals surface area (Å²) in [7, 11) is 2.11. The van der Waals surface area contributed by atoms with E-state index < -0.39 is 0 Å². The van der Waals surface area contributed by atoms with Crippen molar-refractivity contribution >= 4 is 17.9 Å². The molecule has 0 aromatic heterocycles. The molecule has 30 heavy (non-hydrogen) atoms. The van der Waals surface area contributed by atoms with Crippen LogP contribution in [0.2, 0.25) is 0 Å². The monoisotopic (exact) mass is 403 g/mol. The number of hydrogen-bond donors (Lipinski definition) is 0. The third-order valence-electron chi connectivity index (χ3n) is 6.38. The quantitative estimate of drug-likeness (QED) is 0.714. The lowest BCUT2D eigenvalue weighted by Gasteiger charge is -2.34. The lowest BCUT2D eigenvalue weighted by molar-refractivity contribution is -0.114. The summed E-state index contributed by atoms with van der Waals surface area (Å²) in [6.07, 6.45) is 5.95. The number of ketones is 1. The van der Waals surface area contributed by atoms with Crippen LogP contribution < -0.4 is 18.9 Å². The number of Topliss-reactive ketones (excluding diaryl/α,β-unsaturated/α-hetero) is 1. The summed E-state index contributed by atoms with van der Waals surface area (Å²) in [6.45, 7) is 0.480. The zero-order chi connectivity index (χ0) is 20.2. The normalized spacial score (nSPS) is 26.8. The van der Waals surface area contributed by atoms with Crippen LogP contribution >= 0.6 is 0 Å². The van der Waals surface area contributed by atoms with Gasteiger partial charge in [-0.1, -0.05) is 12.1 Å². The fraction of sp³-hybridized carbons (Fsp3) is 0.292. The van der Waals surface area contributed by atoms with Gasteiger partial charge in [0.2, 0.25) is 13.6 Å². The van der Waals surface area contributed by atoms with Crippen LogP contribution in [0.3, 0.4) is 0 Å². The van der Waals surface area contributed by atoms with E-state index >= 15 is 0 Å². The van der Waals surface area contributed by atoms with Crippen molar-refractivity contribution in [1.82, 2.24) is 4.90 Å². The van der Waals surface area contributed by atoms with Gasteiger partial charge in [0.1, 0.15) is 0 Å². The van der Waals surface area contributed by atoms with Crippen LogP contribution in [0, 0.1) is 0 Å². The Hall–Kier alpha value is -3.25. The highest BCUT2D eigenvalue weighted by molar-refractivity contribution is 6.16. The summed E-state index contributed by atoms with van der Waals surface area (Å²) in [4.78, 5) is 15.9. The molecular weight excluding hydrogens is 382 g/mol. The second-order valence-corrected chi connectivity index (χ2v) is 8.03. The Morgan fingerprint density at radius 1 is 0.767 bits per heavy atom. The SMILES string of the molecule is CN1[C@@H]2CC[C@@H]1/C(=C\c1ccc3c(c1)OCO3)C(=O)/C2=C/c1ccc2c(c1)OCO2. The van der Waals surface area contributed by atoms with E-state index in [4.69, 9.17) is 18.9 Å². The fourth-order valence-electron chi connectivity index (χ4n) is 4.85. The molecule has 4 aliphatic rings. The first-order chi connectivity index (χ1) is 14.7. The van der Waals surface area contributed by atoms with Crippen LogP contribution in [0.4, 0.5) is 0 Å². The van der Waals surface area contributed by atoms with Crippen molar-refractivity contribution in [2.45, 2.75) is 24.9 Å². The summed E-state index contributed by atoms with van der Waals surface area (Å²) in [6, 6.07) is 11.9. The Bertz CT molecular complexity index is 1030. The van der Waals surface area contributed by atoms with Crippen LogP contribution in [-0.2, 0) is 4.79 Å². The molecule has 0 spiro atoms. The Morgan fingerprint density at radius 3 is 1.73 bits per heavy atom. The standard InChI is InChI=1S/C24H21NO5/c1-25-18-4-5-19(25)17(9-15-3-7-21-23(11-15)30-13-28-21)24(26)16(18)8-14-2-6-20-22(10-14)29-12-27-20/h2-3,6-11,18-19H,4-5,12-13H2,1H3/b16-8+,17-9+/t18-,19-/m1/s1. The zero-order valence-electron chi connectivity index (χ0n) is 16.6. The highest BCUT2D eigenvalue weighted by atomic mass is 16.7. The Morgan fingerprint density at radius 2 is 1.23 bits per heavy atom. The molecule has 6 rings (SSSR count). The lowest BCUT2D eigenvalue weighted by Crippen LogP contribution is -2.43. The van der Waals surface area contributed by atoms with Gasteiger partial charge < -0.3 is 18.9 Å². The number of ether oxygens (including phenoxy) is 4. The number of carbonyl (C=O) groups excluding carboxylic acids is 1. The molecule has 2 fully saturated rings. The van der Waals surface area contributed by atoms with E-state index in [1.165, 1.54) is 0 Å². The molecule has 4 aliphatic heterocycles. The highest BCUT2D eigenvalue weighted by Crippen LogP contribution is 2.42. The van der Waals surface area contributed by atoms with Gasteiger partial charge in [-0.2, -0.15) is 0 Å². The molecule has 2 saturated heterocycles. The third-order valence-corrected chi connectivity index (χ3v) is 6.38. The molecular formula is C24H21NO5. The van der Waals surface area contributed by atoms with Crippen molar-refractivity contribution in [3.05, 3.63) is 58.7 Å². The van der Waals surface area contributed by atoms with Gasteiger partial charge in [-0.15, -0.1) is 0 Å². The van der Waals surface area contributed by atoms with Gasteiger partial charge in [0.05, 0.1) is 0 Å². The van der Waals surface area contributed by atoms with E-state index in [0.717, 1.165) is 58.1 Å². The maximum atomic E-state index is 13.5. The van der Waals surface area contributed by atoms with E-state index in [2.05, 4.69) is 11.9 Å². The molecule has 0 saturated carbocycles. The molecule has 152 valence electrons. The number of likely N-dealkylation sites (N-methyl/N-ethyl adjacent to an activating group) is 1. The molecule has 0 amide bonds. The molecule has 2 bridgehead atoms. The smallest absolute Gasteiger partial charge is 0.231 e. The number of nitrogens with zero attached hydrogens (tertiary/aromatic N) is 1. The van der Waals surface area contributed by atoms with Crippen LogP contribution in [0.15, 0.2) is 47.5 Å². The van der Waals surface area contributed by atoms with Crippen molar-refractivity contribution in [3.63, 3.8) is 0 Å². The summed E-state index contributed by atoms with van der Waals surface area (Å²) < 4.78 is 21.8. The molecule has 2 aromatic carbocycles. The van der Waals surface area contributed by atoms with Gasteiger partial charge in [0, 0.05) is 23.2 Å². The number of piperidine rings is 1. The van der Waals surface area contributed by atoms with Gasteiger partial charge in [-0.05, 0) is 67.4 Å². The van der Waals surface area contributed by atoms with E-state index in [-0.39, 0.29) is 31.5 Å². The van der Waals surface area contributed by atoms with Crippen molar-refractivity contribution in [1.29, 1.82) is 0 Å². The minimum absolute atomic E-state index is 0.121.